The van der Waals surface area contributed by atoms with E-state index >= 15 is 0 Å². The summed E-state index contributed by atoms with van der Waals surface area (Å²) in [6, 6.07) is 21.0. The summed E-state index contributed by atoms with van der Waals surface area (Å²) in [6.45, 7) is 1.77. The largest absolute Gasteiger partial charge is 0.573 e. The Morgan fingerprint density at radius 3 is 2.17 bits per heavy atom. The molecule has 7 nitrogen and oxygen atoms in total. The van der Waals surface area contributed by atoms with Gasteiger partial charge < -0.3 is 14.4 Å². The zero-order valence-corrected chi connectivity index (χ0v) is 21.2. The summed E-state index contributed by atoms with van der Waals surface area (Å²) in [5.41, 5.74) is 2.47. The molecule has 3 aromatic carbocycles. The van der Waals surface area contributed by atoms with Crippen molar-refractivity contribution in [2.75, 3.05) is 6.54 Å². The van der Waals surface area contributed by atoms with E-state index in [4.69, 9.17) is 4.74 Å². The first-order chi connectivity index (χ1) is 19.1. The van der Waals surface area contributed by atoms with Crippen molar-refractivity contribution in [3.63, 3.8) is 0 Å². The molecule has 0 radical (unpaired) electrons. The molecule has 0 atom stereocenters. The number of hydrogen-bond donors (Lipinski definition) is 0. The van der Waals surface area contributed by atoms with Crippen LogP contribution in [0.5, 0.6) is 11.5 Å². The van der Waals surface area contributed by atoms with Crippen molar-refractivity contribution < 1.29 is 31.8 Å². The molecule has 2 heterocycles. The molecular weight excluding hydrogens is 530 g/mol. The number of carbonyl (C=O) groups is 1. The maximum atomic E-state index is 14.3. The van der Waals surface area contributed by atoms with Crippen LogP contribution < -0.4 is 15.0 Å². The molecule has 0 bridgehead atoms. The Balaban J connectivity index is 1.40. The van der Waals surface area contributed by atoms with Gasteiger partial charge in [-0.25, -0.2) is 14.2 Å². The van der Waals surface area contributed by atoms with Gasteiger partial charge in [-0.2, -0.15) is 0 Å². The number of nitrogens with zero attached hydrogens (tertiary/aromatic N) is 3. The van der Waals surface area contributed by atoms with Crippen LogP contribution in [-0.2, 0) is 13.0 Å². The molecule has 5 rings (SSSR count). The van der Waals surface area contributed by atoms with Crippen molar-refractivity contribution in [2.45, 2.75) is 32.3 Å². The second-order valence-electron chi connectivity index (χ2n) is 9.16. The molecule has 0 saturated heterocycles. The summed E-state index contributed by atoms with van der Waals surface area (Å²) < 4.78 is 61.8. The van der Waals surface area contributed by atoms with Crippen LogP contribution in [0.25, 0.3) is 0 Å². The van der Waals surface area contributed by atoms with Gasteiger partial charge in [0.15, 0.2) is 11.6 Å². The van der Waals surface area contributed by atoms with Crippen LogP contribution in [0, 0.1) is 12.7 Å². The monoisotopic (exact) mass is 553 g/mol. The molecule has 0 spiro atoms. The lowest BCUT2D eigenvalue weighted by Gasteiger charge is -2.30. The molecule has 1 aliphatic rings. The Kier molecular flexibility index (Phi) is 7.29. The van der Waals surface area contributed by atoms with E-state index < -0.39 is 35.8 Å². The summed E-state index contributed by atoms with van der Waals surface area (Å²) in [5, 5.41) is 0. The molecule has 0 N–H and O–H groups in total. The van der Waals surface area contributed by atoms with E-state index in [2.05, 4.69) is 9.72 Å². The minimum Gasteiger partial charge on any atom is -0.407 e. The number of aromatic nitrogens is 2. The van der Waals surface area contributed by atoms with Gasteiger partial charge in [0.1, 0.15) is 11.6 Å². The molecule has 0 saturated carbocycles. The van der Waals surface area contributed by atoms with Crippen molar-refractivity contribution in [3.05, 3.63) is 123 Å². The van der Waals surface area contributed by atoms with E-state index in [-0.39, 0.29) is 25.1 Å². The average Bonchev–Trinajstić information content (AvgIpc) is 2.92. The second-order valence-corrected chi connectivity index (χ2v) is 9.16. The van der Waals surface area contributed by atoms with E-state index in [1.165, 1.54) is 4.90 Å². The first kappa shape index (κ1) is 26.9. The minimum atomic E-state index is -4.99. The van der Waals surface area contributed by atoms with E-state index in [0.29, 0.717) is 23.1 Å². The zero-order chi connectivity index (χ0) is 28.4. The molecule has 0 fully saturated rings. The second kappa shape index (κ2) is 10.8. The van der Waals surface area contributed by atoms with Crippen molar-refractivity contribution in [1.82, 2.24) is 14.5 Å². The highest BCUT2D eigenvalue weighted by Crippen LogP contribution is 2.29. The third-order valence-electron chi connectivity index (χ3n) is 6.52. The predicted octanol–water partition coefficient (Wildman–Crippen LogP) is 5.78. The lowest BCUT2D eigenvalue weighted by atomic mass is 9.97. The van der Waals surface area contributed by atoms with Crippen LogP contribution in [0.15, 0.2) is 83.7 Å². The summed E-state index contributed by atoms with van der Waals surface area (Å²) in [6.07, 6.45) is -5.73. The summed E-state index contributed by atoms with van der Waals surface area (Å²) in [7, 11) is 0. The molecule has 40 heavy (non-hydrogen) atoms. The zero-order valence-electron chi connectivity index (χ0n) is 21.2. The number of benzene rings is 3. The SMILES string of the molecule is Cc1nc2c(c(=O)n1C(c1ccccc1)c1ccccc1)CCN(C(=O)Oc1ccc(OC(F)(F)F)cc1F)C2. The van der Waals surface area contributed by atoms with Crippen LogP contribution in [0.1, 0.15) is 34.3 Å². The lowest BCUT2D eigenvalue weighted by Crippen LogP contribution is -2.43. The van der Waals surface area contributed by atoms with Gasteiger partial charge in [-0.3, -0.25) is 9.36 Å². The molecule has 206 valence electrons. The summed E-state index contributed by atoms with van der Waals surface area (Å²) >= 11 is 0. The quantitative estimate of drug-likeness (QED) is 0.293. The van der Waals surface area contributed by atoms with E-state index in [0.717, 1.165) is 23.3 Å². The molecular formula is C29H23F4N3O4. The summed E-state index contributed by atoms with van der Waals surface area (Å²) in [5.74, 6) is -2.09. The number of aryl methyl sites for hydroxylation is 1. The number of alkyl halides is 3. The Bertz CT molecular complexity index is 1550. The maximum Gasteiger partial charge on any atom is 0.573 e. The fraction of sp³-hybridized carbons (Fsp3) is 0.207. The number of hydrogen-bond acceptors (Lipinski definition) is 5. The van der Waals surface area contributed by atoms with Gasteiger partial charge in [-0.1, -0.05) is 60.7 Å². The van der Waals surface area contributed by atoms with Crippen LogP contribution in [0.4, 0.5) is 22.4 Å². The van der Waals surface area contributed by atoms with Gasteiger partial charge in [-0.15, -0.1) is 13.2 Å². The van der Waals surface area contributed by atoms with Gasteiger partial charge >= 0.3 is 12.5 Å². The normalized spacial score (nSPS) is 13.2. The number of amides is 1. The summed E-state index contributed by atoms with van der Waals surface area (Å²) in [4.78, 5) is 32.5. The van der Waals surface area contributed by atoms with E-state index in [1.54, 1.807) is 11.5 Å². The van der Waals surface area contributed by atoms with Crippen LogP contribution in [0.3, 0.4) is 0 Å². The van der Waals surface area contributed by atoms with Gasteiger partial charge in [0.05, 0.1) is 18.3 Å². The van der Waals surface area contributed by atoms with Crippen LogP contribution in [-0.4, -0.2) is 33.5 Å². The highest BCUT2D eigenvalue weighted by atomic mass is 19.4. The molecule has 1 amide bonds. The number of carbonyl (C=O) groups excluding carboxylic acids is 1. The Morgan fingerprint density at radius 2 is 1.60 bits per heavy atom. The Hall–Kier alpha value is -4.67. The number of halogens is 4. The number of ether oxygens (including phenoxy) is 2. The smallest absolute Gasteiger partial charge is 0.407 e. The third kappa shape index (κ3) is 5.68. The van der Waals surface area contributed by atoms with Gasteiger partial charge in [-0.05, 0) is 36.6 Å². The number of rotatable bonds is 5. The van der Waals surface area contributed by atoms with Crippen molar-refractivity contribution in [2.24, 2.45) is 0 Å². The lowest BCUT2D eigenvalue weighted by molar-refractivity contribution is -0.274. The van der Waals surface area contributed by atoms with E-state index in [1.807, 2.05) is 60.7 Å². The molecule has 1 aromatic heterocycles. The van der Waals surface area contributed by atoms with Crippen LogP contribution >= 0.6 is 0 Å². The Morgan fingerprint density at radius 1 is 0.975 bits per heavy atom. The van der Waals surface area contributed by atoms with Crippen molar-refractivity contribution in [1.29, 1.82) is 0 Å². The molecule has 1 aliphatic heterocycles. The molecule has 0 unspecified atom stereocenters. The highest BCUT2D eigenvalue weighted by Gasteiger charge is 2.32. The van der Waals surface area contributed by atoms with Gasteiger partial charge in [0.25, 0.3) is 5.56 Å². The molecule has 0 aliphatic carbocycles. The standard InChI is InChI=1S/C29H23F4N3O4/c1-18-34-24-17-35(28(38)39-25-13-12-21(16-23(25)30)40-29(31,32)33)15-14-22(24)27(37)36(18)26(19-8-4-2-5-9-19)20-10-6-3-7-11-20/h2-13,16,26H,14-15,17H2,1H3. The highest BCUT2D eigenvalue weighted by molar-refractivity contribution is 5.71. The fourth-order valence-corrected chi connectivity index (χ4v) is 4.76. The van der Waals surface area contributed by atoms with Crippen molar-refractivity contribution >= 4 is 6.09 Å². The molecule has 4 aromatic rings. The third-order valence-corrected chi connectivity index (χ3v) is 6.52. The van der Waals surface area contributed by atoms with Crippen LogP contribution in [0.2, 0.25) is 0 Å². The fourth-order valence-electron chi connectivity index (χ4n) is 4.76. The molecule has 11 heteroatoms. The van der Waals surface area contributed by atoms with E-state index in [9.17, 15) is 27.2 Å². The number of fused-ring (bicyclic) bond motifs is 1. The van der Waals surface area contributed by atoms with Crippen molar-refractivity contribution in [3.8, 4) is 11.5 Å². The van der Waals surface area contributed by atoms with Gasteiger partial charge in [0, 0.05) is 18.2 Å². The first-order valence-electron chi connectivity index (χ1n) is 12.3. The maximum absolute atomic E-state index is 14.3. The first-order valence-corrected chi connectivity index (χ1v) is 12.3. The topological polar surface area (TPSA) is 73.7 Å². The predicted molar refractivity (Wildman–Crippen MR) is 137 cm³/mol. The Labute approximate surface area is 226 Å². The minimum absolute atomic E-state index is 0.0523. The van der Waals surface area contributed by atoms with Gasteiger partial charge in [0.2, 0.25) is 0 Å². The average molecular weight is 554 g/mol.